The number of thiazole rings is 1. The lowest BCUT2D eigenvalue weighted by atomic mass is 10.1. The first-order valence-electron chi connectivity index (χ1n) is 5.00. The van der Waals surface area contributed by atoms with Crippen LogP contribution in [-0.4, -0.2) is 19.2 Å². The molecule has 0 aliphatic heterocycles. The molecule has 0 aliphatic carbocycles. The minimum absolute atomic E-state index is 0.113. The number of halogens is 2. The highest BCUT2D eigenvalue weighted by molar-refractivity contribution is 7.93. The first kappa shape index (κ1) is 13.7. The van der Waals surface area contributed by atoms with Gasteiger partial charge in [0.25, 0.3) is 10.0 Å². The average Bonchev–Trinajstić information content (AvgIpc) is 2.76. The van der Waals surface area contributed by atoms with Gasteiger partial charge in [-0.1, -0.05) is 12.1 Å². The van der Waals surface area contributed by atoms with Gasteiger partial charge in [0.05, 0.1) is 5.69 Å². The van der Waals surface area contributed by atoms with Gasteiger partial charge in [-0.2, -0.15) is 8.78 Å². The van der Waals surface area contributed by atoms with Crippen LogP contribution in [0.1, 0.15) is 0 Å². The van der Waals surface area contributed by atoms with E-state index in [1.165, 1.54) is 0 Å². The van der Waals surface area contributed by atoms with Gasteiger partial charge < -0.3 is 5.73 Å². The van der Waals surface area contributed by atoms with Crippen molar-refractivity contribution in [3.8, 4) is 11.3 Å². The van der Waals surface area contributed by atoms with Gasteiger partial charge in [0.2, 0.25) is 0 Å². The Morgan fingerprint density at radius 1 is 1.37 bits per heavy atom. The molecule has 0 atom stereocenters. The van der Waals surface area contributed by atoms with E-state index in [1.54, 1.807) is 34.4 Å². The molecule has 0 saturated heterocycles. The van der Waals surface area contributed by atoms with Crippen molar-refractivity contribution in [1.82, 2.24) is 4.98 Å². The summed E-state index contributed by atoms with van der Waals surface area (Å²) in [7, 11) is -4.69. The van der Waals surface area contributed by atoms with Crippen LogP contribution in [0.15, 0.2) is 29.6 Å². The molecule has 1 heterocycles. The summed E-state index contributed by atoms with van der Waals surface area (Å²) in [4.78, 5) is 3.93. The van der Waals surface area contributed by atoms with Crippen molar-refractivity contribution in [1.29, 1.82) is 0 Å². The number of nitrogens with zero attached hydrogens (tertiary/aromatic N) is 1. The van der Waals surface area contributed by atoms with Crippen LogP contribution in [0.2, 0.25) is 0 Å². The van der Waals surface area contributed by atoms with Crippen LogP contribution in [0.4, 0.5) is 19.6 Å². The molecule has 1 aromatic carbocycles. The van der Waals surface area contributed by atoms with Crippen LogP contribution in [0.5, 0.6) is 0 Å². The molecule has 0 fully saturated rings. The predicted octanol–water partition coefficient (Wildman–Crippen LogP) is 2.36. The number of nitrogens with two attached hydrogens (primary N) is 1. The molecule has 0 unspecified atom stereocenters. The van der Waals surface area contributed by atoms with Gasteiger partial charge in [0.1, 0.15) is 0 Å². The average molecular weight is 305 g/mol. The monoisotopic (exact) mass is 305 g/mol. The summed E-state index contributed by atoms with van der Waals surface area (Å²) in [6, 6.07) is 6.79. The van der Waals surface area contributed by atoms with Crippen molar-refractivity contribution >= 4 is 32.2 Å². The summed E-state index contributed by atoms with van der Waals surface area (Å²) < 4.78 is 48.1. The SMILES string of the molecule is Nc1cccc(-c2csc(NS(=O)(=O)C(F)F)n2)c1. The van der Waals surface area contributed by atoms with Crippen molar-refractivity contribution in [2.75, 3.05) is 10.5 Å². The Morgan fingerprint density at radius 2 is 2.11 bits per heavy atom. The number of sulfonamides is 1. The van der Waals surface area contributed by atoms with Crippen molar-refractivity contribution in [3.05, 3.63) is 29.6 Å². The minimum atomic E-state index is -4.69. The maximum absolute atomic E-state index is 12.2. The minimum Gasteiger partial charge on any atom is -0.399 e. The second-order valence-electron chi connectivity index (χ2n) is 3.57. The molecule has 19 heavy (non-hydrogen) atoms. The quantitative estimate of drug-likeness (QED) is 0.849. The molecule has 5 nitrogen and oxygen atoms in total. The largest absolute Gasteiger partial charge is 0.399 e. The van der Waals surface area contributed by atoms with Gasteiger partial charge in [-0.15, -0.1) is 11.3 Å². The Kier molecular flexibility index (Phi) is 3.67. The van der Waals surface area contributed by atoms with Gasteiger partial charge in [0, 0.05) is 16.6 Å². The van der Waals surface area contributed by atoms with Crippen LogP contribution in [0, 0.1) is 0 Å². The number of nitrogen functional groups attached to an aromatic ring is 1. The molecule has 102 valence electrons. The Bertz CT molecular complexity index is 686. The van der Waals surface area contributed by atoms with E-state index in [-0.39, 0.29) is 5.13 Å². The lowest BCUT2D eigenvalue weighted by Crippen LogP contribution is -2.20. The van der Waals surface area contributed by atoms with E-state index in [0.717, 1.165) is 11.3 Å². The lowest BCUT2D eigenvalue weighted by molar-refractivity contribution is 0.236. The third-order valence-electron chi connectivity index (χ3n) is 2.15. The molecule has 9 heteroatoms. The fraction of sp³-hybridized carbons (Fsp3) is 0.100. The lowest BCUT2D eigenvalue weighted by Gasteiger charge is -2.02. The predicted molar refractivity (Wildman–Crippen MR) is 70.5 cm³/mol. The summed E-state index contributed by atoms with van der Waals surface area (Å²) in [6.45, 7) is 0. The van der Waals surface area contributed by atoms with E-state index in [9.17, 15) is 17.2 Å². The van der Waals surface area contributed by atoms with Crippen LogP contribution in [-0.2, 0) is 10.0 Å². The topological polar surface area (TPSA) is 85.1 Å². The molecule has 3 N–H and O–H groups in total. The Labute approximate surface area is 112 Å². The van der Waals surface area contributed by atoms with Crippen molar-refractivity contribution in [2.45, 2.75) is 5.76 Å². The van der Waals surface area contributed by atoms with E-state index in [0.29, 0.717) is 16.9 Å². The summed E-state index contributed by atoms with van der Waals surface area (Å²) in [5, 5.41) is 1.44. The van der Waals surface area contributed by atoms with Crippen molar-refractivity contribution in [3.63, 3.8) is 0 Å². The second-order valence-corrected chi connectivity index (χ2v) is 6.08. The molecule has 2 aromatic rings. The zero-order chi connectivity index (χ0) is 14.0. The number of hydrogen-bond acceptors (Lipinski definition) is 5. The Hall–Kier alpha value is -1.74. The molecule has 0 saturated carbocycles. The van der Waals surface area contributed by atoms with E-state index in [1.807, 2.05) is 0 Å². The van der Waals surface area contributed by atoms with Crippen LogP contribution in [0.3, 0.4) is 0 Å². The highest BCUT2D eigenvalue weighted by Crippen LogP contribution is 2.27. The second kappa shape index (κ2) is 5.10. The van der Waals surface area contributed by atoms with E-state index >= 15 is 0 Å². The van der Waals surface area contributed by atoms with Crippen LogP contribution < -0.4 is 10.5 Å². The summed E-state index contributed by atoms with van der Waals surface area (Å²) in [5.74, 6) is -3.49. The van der Waals surface area contributed by atoms with Gasteiger partial charge in [-0.3, -0.25) is 4.72 Å². The summed E-state index contributed by atoms with van der Waals surface area (Å²) in [5.41, 5.74) is 7.28. The number of rotatable bonds is 4. The molecule has 0 aliphatic rings. The Morgan fingerprint density at radius 3 is 2.74 bits per heavy atom. The van der Waals surface area contributed by atoms with E-state index in [4.69, 9.17) is 5.73 Å². The van der Waals surface area contributed by atoms with Crippen LogP contribution >= 0.6 is 11.3 Å². The molecule has 1 aromatic heterocycles. The zero-order valence-electron chi connectivity index (χ0n) is 9.38. The molecular weight excluding hydrogens is 296 g/mol. The highest BCUT2D eigenvalue weighted by atomic mass is 32.2. The number of aromatic nitrogens is 1. The Balaban J connectivity index is 2.25. The zero-order valence-corrected chi connectivity index (χ0v) is 11.0. The molecule has 0 radical (unpaired) electrons. The summed E-state index contributed by atoms with van der Waals surface area (Å²) >= 11 is 0.919. The van der Waals surface area contributed by atoms with E-state index in [2.05, 4.69) is 4.98 Å². The van der Waals surface area contributed by atoms with Gasteiger partial charge in [-0.05, 0) is 12.1 Å². The third kappa shape index (κ3) is 3.18. The number of anilines is 2. The van der Waals surface area contributed by atoms with Gasteiger partial charge in [-0.25, -0.2) is 13.4 Å². The maximum atomic E-state index is 12.2. The third-order valence-corrected chi connectivity index (χ3v) is 3.98. The van der Waals surface area contributed by atoms with Crippen LogP contribution in [0.25, 0.3) is 11.3 Å². The van der Waals surface area contributed by atoms with Crippen molar-refractivity contribution in [2.24, 2.45) is 0 Å². The summed E-state index contributed by atoms with van der Waals surface area (Å²) in [6.07, 6.45) is 0. The highest BCUT2D eigenvalue weighted by Gasteiger charge is 2.24. The first-order chi connectivity index (χ1) is 8.88. The maximum Gasteiger partial charge on any atom is 0.355 e. The number of alkyl halides is 2. The molecule has 0 bridgehead atoms. The fourth-order valence-electron chi connectivity index (χ4n) is 1.32. The number of benzene rings is 1. The number of nitrogens with one attached hydrogen (secondary N) is 1. The number of hydrogen-bond donors (Lipinski definition) is 2. The van der Waals surface area contributed by atoms with Crippen molar-refractivity contribution < 1.29 is 17.2 Å². The standard InChI is InChI=1S/C10H9F2N3O2S2/c11-9(12)19(16,17)15-10-14-8(5-18-10)6-2-1-3-7(13)4-6/h1-5,9H,13H2,(H,14,15). The van der Waals surface area contributed by atoms with E-state index < -0.39 is 15.8 Å². The molecule has 0 spiro atoms. The first-order valence-corrected chi connectivity index (χ1v) is 7.42. The fourth-order valence-corrected chi connectivity index (χ4v) is 2.80. The molecule has 2 rings (SSSR count). The normalized spacial score (nSPS) is 11.7. The van der Waals surface area contributed by atoms with Gasteiger partial charge >= 0.3 is 5.76 Å². The molecule has 0 amide bonds. The molecular formula is C10H9F2N3O2S2. The smallest absolute Gasteiger partial charge is 0.355 e. The van der Waals surface area contributed by atoms with Gasteiger partial charge in [0.15, 0.2) is 5.13 Å².